The molecule has 31 heavy (non-hydrogen) atoms. The Hall–Kier alpha value is -2.32. The molecule has 0 fully saturated rings. The lowest BCUT2D eigenvalue weighted by molar-refractivity contribution is 0.174. The second-order valence-corrected chi connectivity index (χ2v) is 9.87. The summed E-state index contributed by atoms with van der Waals surface area (Å²) < 4.78 is 36.3. The first-order valence-electron chi connectivity index (χ1n) is 10.1. The molecule has 164 valence electrons. The van der Waals surface area contributed by atoms with E-state index in [4.69, 9.17) is 16.3 Å². The Morgan fingerprint density at radius 3 is 2.61 bits per heavy atom. The van der Waals surface area contributed by atoms with Crippen molar-refractivity contribution < 1.29 is 13.2 Å². The number of nitrogens with zero attached hydrogens (tertiary/aromatic N) is 2. The maximum absolute atomic E-state index is 13.1. The molecule has 1 unspecified atom stereocenters. The van der Waals surface area contributed by atoms with Crippen molar-refractivity contribution in [3.63, 3.8) is 0 Å². The number of ether oxygens (including phenoxy) is 1. The summed E-state index contributed by atoms with van der Waals surface area (Å²) in [6, 6.07) is 16.9. The van der Waals surface area contributed by atoms with Crippen molar-refractivity contribution in [3.8, 4) is 5.75 Å². The maximum Gasteiger partial charge on any atom is 0.244 e. The van der Waals surface area contributed by atoms with E-state index in [9.17, 15) is 8.42 Å². The second kappa shape index (κ2) is 9.04. The molecule has 1 aromatic heterocycles. The summed E-state index contributed by atoms with van der Waals surface area (Å²) in [7, 11) is -0.394. The quantitative estimate of drug-likeness (QED) is 0.584. The van der Waals surface area contributed by atoms with Crippen LogP contribution in [0.25, 0.3) is 0 Å². The Labute approximate surface area is 188 Å². The van der Waals surface area contributed by atoms with E-state index in [0.29, 0.717) is 5.02 Å². The number of aromatic nitrogens is 1. The summed E-state index contributed by atoms with van der Waals surface area (Å²) in [5.74, 6) is 0.263. The van der Waals surface area contributed by atoms with Crippen molar-refractivity contribution in [1.82, 2.24) is 14.2 Å². The van der Waals surface area contributed by atoms with E-state index in [-0.39, 0.29) is 23.2 Å². The molecular formula is C23H26ClN3O3S. The summed E-state index contributed by atoms with van der Waals surface area (Å²) >= 11 is 6.05. The lowest BCUT2D eigenvalue weighted by Gasteiger charge is -2.36. The van der Waals surface area contributed by atoms with Gasteiger partial charge in [-0.3, -0.25) is 4.90 Å². The normalized spacial score (nSPS) is 15.5. The van der Waals surface area contributed by atoms with Crippen LogP contribution in [0, 0.1) is 0 Å². The summed E-state index contributed by atoms with van der Waals surface area (Å²) in [6.45, 7) is 1.86. The van der Waals surface area contributed by atoms with Gasteiger partial charge in [-0.1, -0.05) is 35.9 Å². The van der Waals surface area contributed by atoms with Gasteiger partial charge < -0.3 is 9.30 Å². The number of methoxy groups -OCH3 is 1. The van der Waals surface area contributed by atoms with Crippen LogP contribution >= 0.6 is 11.6 Å². The second-order valence-electron chi connectivity index (χ2n) is 7.70. The molecule has 1 aliphatic rings. The van der Waals surface area contributed by atoms with Gasteiger partial charge in [0.05, 0.1) is 13.2 Å². The Morgan fingerprint density at radius 1 is 1.13 bits per heavy atom. The topological polar surface area (TPSA) is 63.6 Å². The van der Waals surface area contributed by atoms with Gasteiger partial charge >= 0.3 is 0 Å². The Balaban J connectivity index is 1.61. The fourth-order valence-electron chi connectivity index (χ4n) is 4.15. The van der Waals surface area contributed by atoms with Crippen LogP contribution < -0.4 is 9.46 Å². The molecular weight excluding hydrogens is 434 g/mol. The lowest BCUT2D eigenvalue weighted by Crippen LogP contribution is -2.41. The SMILES string of the molecule is COc1ccc(Cl)cc1S(=O)(=O)NCC(c1cccn1C)N1CCc2ccccc2C1. The Bertz CT molecular complexity index is 1180. The minimum atomic E-state index is -3.82. The van der Waals surface area contributed by atoms with E-state index >= 15 is 0 Å². The third-order valence-corrected chi connectivity index (χ3v) is 7.49. The molecule has 1 aliphatic heterocycles. The molecule has 0 bridgehead atoms. The van der Waals surface area contributed by atoms with Gasteiger partial charge in [-0.25, -0.2) is 13.1 Å². The molecule has 2 heterocycles. The number of sulfonamides is 1. The van der Waals surface area contributed by atoms with Crippen LogP contribution in [0.5, 0.6) is 5.75 Å². The summed E-state index contributed by atoms with van der Waals surface area (Å²) in [6.07, 6.45) is 2.92. The molecule has 2 aromatic carbocycles. The number of rotatable bonds is 7. The van der Waals surface area contributed by atoms with Crippen molar-refractivity contribution in [2.24, 2.45) is 7.05 Å². The van der Waals surface area contributed by atoms with E-state index in [1.165, 1.54) is 24.3 Å². The molecule has 1 N–H and O–H groups in total. The first kappa shape index (κ1) is 21.9. The number of hydrogen-bond donors (Lipinski definition) is 1. The van der Waals surface area contributed by atoms with Gasteiger partial charge in [-0.05, 0) is 47.9 Å². The molecule has 1 atom stereocenters. The van der Waals surface area contributed by atoms with Crippen molar-refractivity contribution >= 4 is 21.6 Å². The third kappa shape index (κ3) is 4.65. The number of halogens is 1. The van der Waals surface area contributed by atoms with Crippen LogP contribution in [0.15, 0.2) is 65.7 Å². The molecule has 0 aliphatic carbocycles. The number of aryl methyl sites for hydroxylation is 1. The number of benzene rings is 2. The third-order valence-electron chi connectivity index (χ3n) is 5.81. The average molecular weight is 460 g/mol. The van der Waals surface area contributed by atoms with Crippen molar-refractivity contribution in [2.45, 2.75) is 23.9 Å². The van der Waals surface area contributed by atoms with Gasteiger partial charge in [0, 0.05) is 43.6 Å². The molecule has 0 saturated carbocycles. The van der Waals surface area contributed by atoms with E-state index in [2.05, 4.69) is 27.8 Å². The first-order chi connectivity index (χ1) is 14.9. The van der Waals surface area contributed by atoms with Gasteiger partial charge in [0.15, 0.2) is 0 Å². The van der Waals surface area contributed by atoms with E-state index in [1.54, 1.807) is 12.1 Å². The standard InChI is InChI=1S/C23H26ClN3O3S/c1-26-12-5-8-20(26)21(27-13-11-17-6-3-4-7-18(17)16-27)15-25-31(28,29)23-14-19(24)9-10-22(23)30-2/h3-10,12,14,21,25H,11,13,15-16H2,1-2H3. The molecule has 3 aromatic rings. The number of nitrogens with one attached hydrogen (secondary N) is 1. The lowest BCUT2D eigenvalue weighted by atomic mass is 9.98. The fourth-order valence-corrected chi connectivity index (χ4v) is 5.62. The van der Waals surface area contributed by atoms with Crippen LogP contribution in [0.2, 0.25) is 5.02 Å². The highest BCUT2D eigenvalue weighted by molar-refractivity contribution is 7.89. The van der Waals surface area contributed by atoms with Crippen molar-refractivity contribution in [1.29, 1.82) is 0 Å². The molecule has 6 nitrogen and oxygen atoms in total. The zero-order valence-corrected chi connectivity index (χ0v) is 19.2. The predicted octanol–water partition coefficient (Wildman–Crippen LogP) is 3.77. The minimum Gasteiger partial charge on any atom is -0.495 e. The summed E-state index contributed by atoms with van der Waals surface area (Å²) in [4.78, 5) is 2.37. The van der Waals surface area contributed by atoms with Crippen LogP contribution in [-0.4, -0.2) is 38.1 Å². The predicted molar refractivity (Wildman–Crippen MR) is 122 cm³/mol. The minimum absolute atomic E-state index is 0.0390. The highest BCUT2D eigenvalue weighted by Gasteiger charge is 2.29. The van der Waals surface area contributed by atoms with Gasteiger partial charge in [0.25, 0.3) is 0 Å². The van der Waals surface area contributed by atoms with Crippen LogP contribution in [0.1, 0.15) is 22.9 Å². The molecule has 0 radical (unpaired) electrons. The molecule has 4 rings (SSSR count). The van der Waals surface area contributed by atoms with Gasteiger partial charge in [-0.2, -0.15) is 0 Å². The van der Waals surface area contributed by atoms with E-state index in [0.717, 1.165) is 25.2 Å². The van der Waals surface area contributed by atoms with Gasteiger partial charge in [-0.15, -0.1) is 0 Å². The zero-order chi connectivity index (χ0) is 22.0. The summed E-state index contributed by atoms with van der Waals surface area (Å²) in [5.41, 5.74) is 3.70. The van der Waals surface area contributed by atoms with Crippen LogP contribution in [0.4, 0.5) is 0 Å². The zero-order valence-electron chi connectivity index (χ0n) is 17.6. The van der Waals surface area contributed by atoms with Gasteiger partial charge in [0.2, 0.25) is 10.0 Å². The summed E-state index contributed by atoms with van der Waals surface area (Å²) in [5, 5.41) is 0.341. The van der Waals surface area contributed by atoms with Crippen molar-refractivity contribution in [2.75, 3.05) is 20.2 Å². The highest BCUT2D eigenvalue weighted by atomic mass is 35.5. The van der Waals surface area contributed by atoms with Gasteiger partial charge in [0.1, 0.15) is 10.6 Å². The molecule has 8 heteroatoms. The van der Waals surface area contributed by atoms with Crippen LogP contribution in [-0.2, 0) is 30.0 Å². The van der Waals surface area contributed by atoms with Crippen LogP contribution in [0.3, 0.4) is 0 Å². The average Bonchev–Trinajstić information content (AvgIpc) is 3.19. The Morgan fingerprint density at radius 2 is 1.90 bits per heavy atom. The first-order valence-corrected chi connectivity index (χ1v) is 12.0. The maximum atomic E-state index is 13.1. The molecule has 0 amide bonds. The Kier molecular flexibility index (Phi) is 6.39. The highest BCUT2D eigenvalue weighted by Crippen LogP contribution is 2.30. The van der Waals surface area contributed by atoms with E-state index in [1.807, 2.05) is 36.0 Å². The molecule has 0 saturated heterocycles. The van der Waals surface area contributed by atoms with Crippen molar-refractivity contribution in [3.05, 3.63) is 82.6 Å². The molecule has 0 spiro atoms. The largest absolute Gasteiger partial charge is 0.495 e. The number of hydrogen-bond acceptors (Lipinski definition) is 4. The van der Waals surface area contributed by atoms with E-state index < -0.39 is 10.0 Å². The monoisotopic (exact) mass is 459 g/mol. The number of fused-ring (bicyclic) bond motifs is 1. The smallest absolute Gasteiger partial charge is 0.244 e. The fraction of sp³-hybridized carbons (Fsp3) is 0.304.